The van der Waals surface area contributed by atoms with E-state index in [1.54, 1.807) is 12.1 Å². The Morgan fingerprint density at radius 1 is 1.54 bits per heavy atom. The SMILES string of the molecule is C=CCOc1cc([C@@H](CCC)NC(=O)C2CSC(C(C)=O)=N2)[nH]c(=O)c1. The minimum Gasteiger partial charge on any atom is -0.489 e. The van der Waals surface area contributed by atoms with Crippen molar-refractivity contribution in [1.82, 2.24) is 10.3 Å². The smallest absolute Gasteiger partial charge is 0.251 e. The van der Waals surface area contributed by atoms with Crippen molar-refractivity contribution in [3.8, 4) is 5.75 Å². The highest BCUT2D eigenvalue weighted by Crippen LogP contribution is 2.23. The van der Waals surface area contributed by atoms with Gasteiger partial charge in [0.05, 0.1) is 6.04 Å². The van der Waals surface area contributed by atoms with Crippen molar-refractivity contribution in [3.63, 3.8) is 0 Å². The molecule has 140 valence electrons. The van der Waals surface area contributed by atoms with Gasteiger partial charge >= 0.3 is 0 Å². The van der Waals surface area contributed by atoms with E-state index in [0.29, 0.717) is 28.7 Å². The third kappa shape index (κ3) is 5.32. The Morgan fingerprint density at radius 3 is 2.92 bits per heavy atom. The number of aromatic amines is 1. The third-order valence-corrected chi connectivity index (χ3v) is 4.88. The van der Waals surface area contributed by atoms with Crippen molar-refractivity contribution < 1.29 is 14.3 Å². The largest absolute Gasteiger partial charge is 0.489 e. The molecule has 1 aliphatic heterocycles. The van der Waals surface area contributed by atoms with E-state index < -0.39 is 6.04 Å². The maximum atomic E-state index is 12.5. The molecule has 26 heavy (non-hydrogen) atoms. The molecule has 0 aromatic carbocycles. The zero-order valence-electron chi connectivity index (χ0n) is 14.9. The minimum atomic E-state index is -0.592. The molecule has 0 aliphatic carbocycles. The first-order valence-corrected chi connectivity index (χ1v) is 9.43. The average molecular weight is 377 g/mol. The number of nitrogens with one attached hydrogen (secondary N) is 2. The van der Waals surface area contributed by atoms with Gasteiger partial charge in [0.2, 0.25) is 5.91 Å². The summed E-state index contributed by atoms with van der Waals surface area (Å²) in [6.07, 6.45) is 3.05. The fourth-order valence-electron chi connectivity index (χ4n) is 2.53. The molecule has 2 N–H and O–H groups in total. The summed E-state index contributed by atoms with van der Waals surface area (Å²) in [6, 6.07) is 2.10. The molecule has 0 bridgehead atoms. The normalized spacial score (nSPS) is 17.3. The van der Waals surface area contributed by atoms with Gasteiger partial charge in [0, 0.05) is 30.5 Å². The van der Waals surface area contributed by atoms with Gasteiger partial charge in [-0.2, -0.15) is 0 Å². The summed E-state index contributed by atoms with van der Waals surface area (Å²) in [5.41, 5.74) is 0.276. The molecule has 1 amide bonds. The van der Waals surface area contributed by atoms with E-state index in [0.717, 1.165) is 6.42 Å². The Hall–Kier alpha value is -2.35. The first kappa shape index (κ1) is 20.0. The van der Waals surface area contributed by atoms with Crippen LogP contribution >= 0.6 is 11.8 Å². The minimum absolute atomic E-state index is 0.133. The molecule has 0 fully saturated rings. The second-order valence-electron chi connectivity index (χ2n) is 5.90. The predicted octanol–water partition coefficient (Wildman–Crippen LogP) is 2.00. The maximum absolute atomic E-state index is 12.5. The number of aliphatic imine (C=N–C) groups is 1. The van der Waals surface area contributed by atoms with E-state index >= 15 is 0 Å². The summed E-state index contributed by atoms with van der Waals surface area (Å²) < 4.78 is 5.44. The van der Waals surface area contributed by atoms with E-state index in [1.165, 1.54) is 24.8 Å². The van der Waals surface area contributed by atoms with Crippen molar-refractivity contribution in [1.29, 1.82) is 0 Å². The monoisotopic (exact) mass is 377 g/mol. The highest BCUT2D eigenvalue weighted by Gasteiger charge is 2.28. The highest BCUT2D eigenvalue weighted by molar-refractivity contribution is 8.16. The topological polar surface area (TPSA) is 101 Å². The van der Waals surface area contributed by atoms with E-state index in [2.05, 4.69) is 21.9 Å². The van der Waals surface area contributed by atoms with Gasteiger partial charge in [0.25, 0.3) is 5.56 Å². The fourth-order valence-corrected chi connectivity index (χ4v) is 3.47. The molecule has 7 nitrogen and oxygen atoms in total. The summed E-state index contributed by atoms with van der Waals surface area (Å²) in [5, 5.41) is 3.31. The Balaban J connectivity index is 2.17. The van der Waals surface area contributed by atoms with Crippen LogP contribution in [0.1, 0.15) is 38.4 Å². The molecule has 0 spiro atoms. The number of amides is 1. The first-order valence-electron chi connectivity index (χ1n) is 8.44. The Kier molecular flexibility index (Phi) is 7.20. The molecule has 1 aromatic heterocycles. The van der Waals surface area contributed by atoms with Crippen LogP contribution in [0.5, 0.6) is 5.75 Å². The molecule has 2 atom stereocenters. The maximum Gasteiger partial charge on any atom is 0.251 e. The van der Waals surface area contributed by atoms with Crippen LogP contribution in [0.15, 0.2) is 34.6 Å². The number of carbonyl (C=O) groups excluding carboxylic acids is 2. The number of pyridine rings is 1. The molecule has 8 heteroatoms. The number of ketones is 1. The van der Waals surface area contributed by atoms with Crippen molar-refractivity contribution >= 4 is 28.5 Å². The number of ether oxygens (including phenoxy) is 1. The standard InChI is InChI=1S/C18H23N3O4S/c1-4-6-13(14-8-12(25-7-5-2)9-16(23)19-14)20-17(24)15-10-26-18(21-15)11(3)22/h5,8-9,13,15H,2,4,6-7,10H2,1,3H3,(H,19,23)(H,20,24)/t13-,15?/m1/s1. The van der Waals surface area contributed by atoms with Crippen molar-refractivity contribution in [3.05, 3.63) is 40.8 Å². The summed E-state index contributed by atoms with van der Waals surface area (Å²) >= 11 is 1.29. The number of thioether (sulfide) groups is 1. The van der Waals surface area contributed by atoms with Gasteiger partial charge in [0.1, 0.15) is 23.4 Å². The first-order chi connectivity index (χ1) is 12.4. The van der Waals surface area contributed by atoms with Crippen molar-refractivity contribution in [2.45, 2.75) is 38.8 Å². The van der Waals surface area contributed by atoms with E-state index in [4.69, 9.17) is 4.74 Å². The van der Waals surface area contributed by atoms with Crippen molar-refractivity contribution in [2.75, 3.05) is 12.4 Å². The number of hydrogen-bond acceptors (Lipinski definition) is 6. The third-order valence-electron chi connectivity index (χ3n) is 3.73. The summed E-state index contributed by atoms with van der Waals surface area (Å²) in [4.78, 5) is 42.8. The second kappa shape index (κ2) is 9.38. The Labute approximate surface area is 156 Å². The lowest BCUT2D eigenvalue weighted by Crippen LogP contribution is -2.37. The van der Waals surface area contributed by atoms with Crippen LogP contribution in [-0.4, -0.2) is 40.1 Å². The fraction of sp³-hybridized carbons (Fsp3) is 0.444. The van der Waals surface area contributed by atoms with Gasteiger partial charge in [0.15, 0.2) is 5.78 Å². The lowest BCUT2D eigenvalue weighted by atomic mass is 10.1. The average Bonchev–Trinajstić information content (AvgIpc) is 3.09. The second-order valence-corrected chi connectivity index (χ2v) is 6.91. The molecule has 1 aliphatic rings. The number of aromatic nitrogens is 1. The van der Waals surface area contributed by atoms with Gasteiger partial charge in [-0.15, -0.1) is 11.8 Å². The number of nitrogens with zero attached hydrogens (tertiary/aromatic N) is 1. The number of H-pyrrole nitrogens is 1. The van der Waals surface area contributed by atoms with Crippen LogP contribution in [0.25, 0.3) is 0 Å². The highest BCUT2D eigenvalue weighted by atomic mass is 32.2. The lowest BCUT2D eigenvalue weighted by molar-refractivity contribution is -0.122. The van der Waals surface area contributed by atoms with Crippen molar-refractivity contribution in [2.24, 2.45) is 4.99 Å². The van der Waals surface area contributed by atoms with Crippen LogP contribution in [-0.2, 0) is 9.59 Å². The molecule has 0 saturated carbocycles. The Bertz CT molecular complexity index is 772. The van der Waals surface area contributed by atoms with Gasteiger partial charge < -0.3 is 15.0 Å². The molecule has 1 unspecified atom stereocenters. The van der Waals surface area contributed by atoms with E-state index in [-0.39, 0.29) is 29.9 Å². The quantitative estimate of drug-likeness (QED) is 0.641. The zero-order valence-corrected chi connectivity index (χ0v) is 15.7. The molecule has 2 rings (SSSR count). The van der Waals surface area contributed by atoms with Crippen LogP contribution in [0.2, 0.25) is 0 Å². The Morgan fingerprint density at radius 2 is 2.31 bits per heavy atom. The summed E-state index contributed by atoms with van der Waals surface area (Å²) in [6.45, 7) is 7.30. The van der Waals surface area contributed by atoms with E-state index in [1.807, 2.05) is 6.92 Å². The van der Waals surface area contributed by atoms with Gasteiger partial charge in [-0.25, -0.2) is 0 Å². The van der Waals surface area contributed by atoms with Crippen LogP contribution < -0.4 is 15.6 Å². The van der Waals surface area contributed by atoms with Crippen LogP contribution in [0.3, 0.4) is 0 Å². The number of hydrogen-bond donors (Lipinski definition) is 2. The van der Waals surface area contributed by atoms with Crippen LogP contribution in [0, 0.1) is 0 Å². The van der Waals surface area contributed by atoms with Crippen LogP contribution in [0.4, 0.5) is 0 Å². The molecule has 0 radical (unpaired) electrons. The lowest BCUT2D eigenvalue weighted by Gasteiger charge is -2.20. The molecule has 1 aromatic rings. The summed E-state index contributed by atoms with van der Waals surface area (Å²) in [5.74, 6) is 0.475. The number of Topliss-reactive ketones (excluding diaryl/α,β-unsaturated/α-hetero) is 1. The summed E-state index contributed by atoms with van der Waals surface area (Å²) in [7, 11) is 0. The van der Waals surface area contributed by atoms with Gasteiger partial charge in [-0.3, -0.25) is 19.4 Å². The molecule has 0 saturated heterocycles. The van der Waals surface area contributed by atoms with Gasteiger partial charge in [-0.1, -0.05) is 26.0 Å². The van der Waals surface area contributed by atoms with E-state index in [9.17, 15) is 14.4 Å². The zero-order chi connectivity index (χ0) is 19.1. The number of rotatable bonds is 9. The molecular formula is C18H23N3O4S. The van der Waals surface area contributed by atoms with Gasteiger partial charge in [-0.05, 0) is 6.42 Å². The molecular weight excluding hydrogens is 354 g/mol. The molecule has 2 heterocycles. The predicted molar refractivity (Wildman–Crippen MR) is 103 cm³/mol. The number of carbonyl (C=O) groups is 2.